The Balaban J connectivity index is 2.96. The fourth-order valence-corrected chi connectivity index (χ4v) is 0.836. The molecule has 0 fully saturated rings. The first kappa shape index (κ1) is 9.98. The van der Waals surface area contributed by atoms with Gasteiger partial charge in [0.2, 0.25) is 0 Å². The molecule has 13 heavy (non-hydrogen) atoms. The van der Waals surface area contributed by atoms with Gasteiger partial charge in [0, 0.05) is 6.07 Å². The smallest absolute Gasteiger partial charge is 0.316 e. The molecule has 0 bridgehead atoms. The summed E-state index contributed by atoms with van der Waals surface area (Å²) in [6, 6.07) is 2.82. The normalized spacial score (nSPS) is 14.2. The van der Waals surface area contributed by atoms with Crippen molar-refractivity contribution >= 4 is 0 Å². The number of halogens is 4. The van der Waals surface area contributed by atoms with Gasteiger partial charge < -0.3 is 5.73 Å². The van der Waals surface area contributed by atoms with Crippen LogP contribution in [0, 0.1) is 11.9 Å². The first-order valence-electron chi connectivity index (χ1n) is 3.40. The Labute approximate surface area is 72.2 Å². The highest BCUT2D eigenvalue weighted by Crippen LogP contribution is 2.30. The average molecular weight is 192 g/mol. The zero-order chi connectivity index (χ0) is 10.1. The molecular weight excluding hydrogens is 186 g/mol. The van der Waals surface area contributed by atoms with Crippen LogP contribution in [0.5, 0.6) is 0 Å². The molecule has 0 heterocycles. The monoisotopic (exact) mass is 192 g/mol. The number of alkyl halides is 3. The third kappa shape index (κ3) is 2.42. The van der Waals surface area contributed by atoms with Gasteiger partial charge in [-0.15, -0.1) is 0 Å². The van der Waals surface area contributed by atoms with E-state index in [0.717, 1.165) is 18.2 Å². The molecule has 0 saturated carbocycles. The highest BCUT2D eigenvalue weighted by Gasteiger charge is 2.37. The highest BCUT2D eigenvalue weighted by molar-refractivity contribution is 5.20. The minimum atomic E-state index is -4.55. The van der Waals surface area contributed by atoms with Crippen molar-refractivity contribution in [2.24, 2.45) is 5.73 Å². The van der Waals surface area contributed by atoms with Crippen molar-refractivity contribution in [2.75, 3.05) is 0 Å². The Kier molecular flexibility index (Phi) is 2.56. The van der Waals surface area contributed by atoms with Crippen LogP contribution < -0.4 is 5.73 Å². The van der Waals surface area contributed by atoms with Gasteiger partial charge in [-0.05, 0) is 11.6 Å². The molecule has 1 aromatic carbocycles. The summed E-state index contributed by atoms with van der Waals surface area (Å²) in [5.41, 5.74) is 4.53. The lowest BCUT2D eigenvalue weighted by Crippen LogP contribution is -2.28. The van der Waals surface area contributed by atoms with Crippen molar-refractivity contribution in [3.8, 4) is 0 Å². The fourth-order valence-electron chi connectivity index (χ4n) is 0.836. The first-order chi connectivity index (χ1) is 5.91. The van der Waals surface area contributed by atoms with E-state index < -0.39 is 18.0 Å². The van der Waals surface area contributed by atoms with Gasteiger partial charge in [0.1, 0.15) is 11.9 Å². The predicted molar refractivity (Wildman–Crippen MR) is 38.2 cm³/mol. The summed E-state index contributed by atoms with van der Waals surface area (Å²) >= 11 is 0. The van der Waals surface area contributed by atoms with E-state index in [2.05, 4.69) is 6.07 Å². The Hall–Kier alpha value is -1.10. The molecule has 0 amide bonds. The maximum atomic E-state index is 12.4. The van der Waals surface area contributed by atoms with E-state index in [9.17, 15) is 17.6 Å². The molecule has 1 aromatic rings. The molecule has 0 aliphatic heterocycles. The summed E-state index contributed by atoms with van der Waals surface area (Å²) in [6.07, 6.45) is -4.55. The second kappa shape index (κ2) is 3.33. The molecule has 1 unspecified atom stereocenters. The van der Waals surface area contributed by atoms with Crippen molar-refractivity contribution in [1.82, 2.24) is 0 Å². The number of nitrogens with two attached hydrogens (primary N) is 1. The molecule has 5 heteroatoms. The lowest BCUT2D eigenvalue weighted by molar-refractivity contribution is -0.149. The number of rotatable bonds is 1. The summed E-state index contributed by atoms with van der Waals surface area (Å²) in [5.74, 6) is -0.850. The number of hydrogen-bond acceptors (Lipinski definition) is 1. The van der Waals surface area contributed by atoms with Crippen molar-refractivity contribution in [1.29, 1.82) is 0 Å². The van der Waals surface area contributed by atoms with Crippen LogP contribution in [0.1, 0.15) is 11.6 Å². The van der Waals surface area contributed by atoms with Crippen LogP contribution in [0.15, 0.2) is 18.2 Å². The lowest BCUT2D eigenvalue weighted by Gasteiger charge is -2.15. The van der Waals surface area contributed by atoms with E-state index in [4.69, 9.17) is 5.73 Å². The van der Waals surface area contributed by atoms with Crippen molar-refractivity contribution in [3.05, 3.63) is 35.6 Å². The standard InChI is InChI=1S/C8H6F4N/c9-6-3-1-2-5(4-6)7(13)8(10,11)12/h1-2,4,7H,13H2. The average Bonchev–Trinajstić information content (AvgIpc) is 2.01. The number of hydrogen-bond donors (Lipinski definition) is 1. The summed E-state index contributed by atoms with van der Waals surface area (Å²) < 4.78 is 48.5. The van der Waals surface area contributed by atoms with Gasteiger partial charge in [0.25, 0.3) is 0 Å². The summed E-state index contributed by atoms with van der Waals surface area (Å²) in [4.78, 5) is 0. The quantitative estimate of drug-likeness (QED) is 0.678. The zero-order valence-electron chi connectivity index (χ0n) is 6.40. The molecular formula is C8H6F4N. The van der Waals surface area contributed by atoms with Crippen LogP contribution in [0.4, 0.5) is 17.6 Å². The van der Waals surface area contributed by atoms with Crippen LogP contribution in [0.3, 0.4) is 0 Å². The van der Waals surface area contributed by atoms with Crippen molar-refractivity contribution < 1.29 is 17.6 Å². The van der Waals surface area contributed by atoms with Crippen molar-refractivity contribution in [2.45, 2.75) is 12.2 Å². The topological polar surface area (TPSA) is 26.0 Å². The number of benzene rings is 1. The molecule has 0 saturated heterocycles. The van der Waals surface area contributed by atoms with Crippen molar-refractivity contribution in [3.63, 3.8) is 0 Å². The van der Waals surface area contributed by atoms with E-state index in [0.29, 0.717) is 0 Å². The highest BCUT2D eigenvalue weighted by atomic mass is 19.4. The Morgan fingerprint density at radius 2 is 2.00 bits per heavy atom. The first-order valence-corrected chi connectivity index (χ1v) is 3.40. The van der Waals surface area contributed by atoms with E-state index in [1.165, 1.54) is 0 Å². The summed E-state index contributed by atoms with van der Waals surface area (Å²) in [7, 11) is 0. The molecule has 0 aromatic heterocycles. The molecule has 0 spiro atoms. The molecule has 0 aliphatic carbocycles. The predicted octanol–water partition coefficient (Wildman–Crippen LogP) is 2.19. The summed E-state index contributed by atoms with van der Waals surface area (Å²) in [5, 5.41) is 0. The van der Waals surface area contributed by atoms with Crippen LogP contribution >= 0.6 is 0 Å². The minimum absolute atomic E-state index is 0.302. The Bertz CT molecular complexity index is 294. The second-order valence-electron chi connectivity index (χ2n) is 2.49. The Morgan fingerprint density at radius 3 is 2.46 bits per heavy atom. The molecule has 1 radical (unpaired) electrons. The molecule has 1 rings (SSSR count). The maximum absolute atomic E-state index is 12.4. The van der Waals surface area contributed by atoms with E-state index in [1.54, 1.807) is 0 Å². The van der Waals surface area contributed by atoms with Crippen LogP contribution in [0.2, 0.25) is 0 Å². The van der Waals surface area contributed by atoms with Gasteiger partial charge in [-0.2, -0.15) is 13.2 Å². The van der Waals surface area contributed by atoms with Gasteiger partial charge in [-0.1, -0.05) is 12.1 Å². The van der Waals surface area contributed by atoms with Gasteiger partial charge in [-0.25, -0.2) is 4.39 Å². The molecule has 0 aliphatic rings. The SMILES string of the molecule is NC(c1cc[c]c(F)c1)C(F)(F)F. The van der Waals surface area contributed by atoms with E-state index >= 15 is 0 Å². The van der Waals surface area contributed by atoms with E-state index in [1.807, 2.05) is 0 Å². The van der Waals surface area contributed by atoms with Crippen LogP contribution in [0.25, 0.3) is 0 Å². The minimum Gasteiger partial charge on any atom is -0.316 e. The maximum Gasteiger partial charge on any atom is 0.407 e. The third-order valence-electron chi connectivity index (χ3n) is 1.50. The third-order valence-corrected chi connectivity index (χ3v) is 1.50. The lowest BCUT2D eigenvalue weighted by atomic mass is 10.1. The Morgan fingerprint density at radius 1 is 1.38 bits per heavy atom. The molecule has 1 nitrogen and oxygen atoms in total. The van der Waals surface area contributed by atoms with Crippen LogP contribution in [-0.2, 0) is 0 Å². The largest absolute Gasteiger partial charge is 0.407 e. The molecule has 1 atom stereocenters. The fraction of sp³-hybridized carbons (Fsp3) is 0.250. The molecule has 2 N–H and O–H groups in total. The van der Waals surface area contributed by atoms with Gasteiger partial charge in [-0.3, -0.25) is 0 Å². The second-order valence-corrected chi connectivity index (χ2v) is 2.49. The van der Waals surface area contributed by atoms with Gasteiger partial charge in [0.15, 0.2) is 0 Å². The summed E-state index contributed by atoms with van der Waals surface area (Å²) in [6.45, 7) is 0. The molecule has 71 valence electrons. The van der Waals surface area contributed by atoms with Crippen LogP contribution in [-0.4, -0.2) is 6.18 Å². The van der Waals surface area contributed by atoms with Gasteiger partial charge >= 0.3 is 6.18 Å². The van der Waals surface area contributed by atoms with Gasteiger partial charge in [0.05, 0.1) is 0 Å². The van der Waals surface area contributed by atoms with E-state index in [-0.39, 0.29) is 5.56 Å². The zero-order valence-corrected chi connectivity index (χ0v) is 6.40.